The lowest BCUT2D eigenvalue weighted by atomic mass is 10.1. The summed E-state index contributed by atoms with van der Waals surface area (Å²) in [6.45, 7) is 6.04. The number of benzene rings is 1. The molecule has 5 heteroatoms. The van der Waals surface area contributed by atoms with Crippen LogP contribution in [0.2, 0.25) is 0 Å². The summed E-state index contributed by atoms with van der Waals surface area (Å²) in [4.78, 5) is 25.0. The van der Waals surface area contributed by atoms with E-state index in [2.05, 4.69) is 36.5 Å². The van der Waals surface area contributed by atoms with Crippen LogP contribution in [-0.2, 0) is 16.0 Å². The summed E-state index contributed by atoms with van der Waals surface area (Å²) in [6, 6.07) is 10.1. The molecule has 0 radical (unpaired) electrons. The highest BCUT2D eigenvalue weighted by Crippen LogP contribution is 2.28. The summed E-state index contributed by atoms with van der Waals surface area (Å²) in [5, 5.41) is 3.42. The van der Waals surface area contributed by atoms with Crippen LogP contribution >= 0.6 is 11.3 Å². The van der Waals surface area contributed by atoms with Crippen molar-refractivity contribution in [2.24, 2.45) is 0 Å². The molecule has 2 rings (SSSR count). The van der Waals surface area contributed by atoms with Crippen LogP contribution in [0.25, 0.3) is 0 Å². The Kier molecular flexibility index (Phi) is 6.55. The van der Waals surface area contributed by atoms with E-state index >= 15 is 0 Å². The Bertz CT molecular complexity index is 704. The second kappa shape index (κ2) is 8.64. The maximum absolute atomic E-state index is 12.1. The number of esters is 1. The fraction of sp³-hybridized carbons (Fsp3) is 0.368. The van der Waals surface area contributed by atoms with Crippen molar-refractivity contribution in [2.75, 3.05) is 11.9 Å². The Labute approximate surface area is 146 Å². The molecule has 128 valence electrons. The first-order valence-electron chi connectivity index (χ1n) is 8.12. The average molecular weight is 345 g/mol. The summed E-state index contributed by atoms with van der Waals surface area (Å²) in [7, 11) is 0. The molecule has 4 nitrogen and oxygen atoms in total. The van der Waals surface area contributed by atoms with Gasteiger partial charge in [-0.05, 0) is 45.2 Å². The molecule has 24 heavy (non-hydrogen) atoms. The molecule has 2 aromatic rings. The van der Waals surface area contributed by atoms with E-state index < -0.39 is 5.97 Å². The van der Waals surface area contributed by atoms with Crippen LogP contribution in [0.1, 0.15) is 46.1 Å². The lowest BCUT2D eigenvalue weighted by Crippen LogP contribution is -2.14. The lowest BCUT2D eigenvalue weighted by molar-refractivity contribution is -0.116. The number of carbonyl (C=O) groups excluding carboxylic acids is 2. The third-order valence-electron chi connectivity index (χ3n) is 3.59. The maximum atomic E-state index is 12.1. The molecule has 0 spiro atoms. The van der Waals surface area contributed by atoms with Crippen molar-refractivity contribution in [3.05, 3.63) is 51.9 Å². The number of thiophene rings is 1. The molecule has 1 amide bonds. The normalized spacial score (nSPS) is 10.5. The zero-order valence-corrected chi connectivity index (χ0v) is 15.2. The van der Waals surface area contributed by atoms with Crippen LogP contribution in [0.5, 0.6) is 0 Å². The number of amides is 1. The van der Waals surface area contributed by atoms with Crippen molar-refractivity contribution in [3.8, 4) is 0 Å². The highest BCUT2D eigenvalue weighted by atomic mass is 32.1. The zero-order valence-electron chi connectivity index (χ0n) is 14.3. The Morgan fingerprint density at radius 1 is 1.17 bits per heavy atom. The minimum Gasteiger partial charge on any atom is -0.462 e. The summed E-state index contributed by atoms with van der Waals surface area (Å²) in [6.07, 6.45) is 2.06. The second-order valence-corrected chi connectivity index (χ2v) is 6.96. The van der Waals surface area contributed by atoms with Crippen molar-refractivity contribution in [2.45, 2.75) is 40.0 Å². The van der Waals surface area contributed by atoms with E-state index in [9.17, 15) is 9.59 Å². The number of hydrogen-bond donors (Lipinski definition) is 1. The quantitative estimate of drug-likeness (QED) is 0.752. The minimum absolute atomic E-state index is 0.0745. The van der Waals surface area contributed by atoms with Gasteiger partial charge in [0.2, 0.25) is 5.91 Å². The van der Waals surface area contributed by atoms with Gasteiger partial charge in [-0.25, -0.2) is 4.79 Å². The van der Waals surface area contributed by atoms with Gasteiger partial charge < -0.3 is 10.1 Å². The first kappa shape index (κ1) is 18.2. The van der Waals surface area contributed by atoms with Gasteiger partial charge in [-0.15, -0.1) is 11.3 Å². The van der Waals surface area contributed by atoms with Gasteiger partial charge in [0.05, 0.1) is 12.2 Å². The molecule has 1 aromatic carbocycles. The molecule has 0 bridgehead atoms. The van der Waals surface area contributed by atoms with Gasteiger partial charge in [-0.2, -0.15) is 0 Å². The first-order chi connectivity index (χ1) is 11.5. The largest absolute Gasteiger partial charge is 0.462 e. The molecule has 0 atom stereocenters. The minimum atomic E-state index is -0.392. The third kappa shape index (κ3) is 5.20. The molecule has 1 N–H and O–H groups in total. The van der Waals surface area contributed by atoms with E-state index in [0.29, 0.717) is 23.6 Å². The number of ether oxygens (including phenoxy) is 1. The average Bonchev–Trinajstić information content (AvgIpc) is 2.90. The van der Waals surface area contributed by atoms with Crippen molar-refractivity contribution in [3.63, 3.8) is 0 Å². The molecule has 0 saturated heterocycles. The highest BCUT2D eigenvalue weighted by molar-refractivity contribution is 7.16. The van der Waals surface area contributed by atoms with Gasteiger partial charge >= 0.3 is 5.97 Å². The van der Waals surface area contributed by atoms with Crippen LogP contribution in [-0.4, -0.2) is 18.5 Å². The Hall–Kier alpha value is -2.14. The fourth-order valence-corrected chi connectivity index (χ4v) is 3.28. The van der Waals surface area contributed by atoms with Gasteiger partial charge in [0, 0.05) is 11.3 Å². The fourth-order valence-electron chi connectivity index (χ4n) is 2.36. The van der Waals surface area contributed by atoms with Gasteiger partial charge in [0.25, 0.3) is 0 Å². The van der Waals surface area contributed by atoms with E-state index in [1.807, 2.05) is 6.92 Å². The van der Waals surface area contributed by atoms with Crippen molar-refractivity contribution < 1.29 is 14.3 Å². The molecule has 0 aliphatic heterocycles. The van der Waals surface area contributed by atoms with Crippen molar-refractivity contribution in [1.82, 2.24) is 0 Å². The van der Waals surface area contributed by atoms with E-state index in [1.165, 1.54) is 22.5 Å². The van der Waals surface area contributed by atoms with E-state index in [0.717, 1.165) is 17.7 Å². The second-order valence-electron chi connectivity index (χ2n) is 5.71. The molecule has 0 unspecified atom stereocenters. The smallest absolute Gasteiger partial charge is 0.341 e. The number of hydrogen-bond acceptors (Lipinski definition) is 4. The summed E-state index contributed by atoms with van der Waals surface area (Å²) < 4.78 is 5.03. The summed E-state index contributed by atoms with van der Waals surface area (Å²) in [5.41, 5.74) is 2.90. The molecule has 0 saturated carbocycles. The summed E-state index contributed by atoms with van der Waals surface area (Å²) >= 11 is 1.40. The predicted molar refractivity (Wildman–Crippen MR) is 97.8 cm³/mol. The number of anilines is 1. The van der Waals surface area contributed by atoms with Gasteiger partial charge in [-0.1, -0.05) is 29.8 Å². The van der Waals surface area contributed by atoms with Crippen molar-refractivity contribution >= 4 is 28.2 Å². The van der Waals surface area contributed by atoms with Crippen LogP contribution < -0.4 is 5.32 Å². The lowest BCUT2D eigenvalue weighted by Gasteiger charge is -2.06. The SMILES string of the molecule is CCOC(=O)c1cc(C)sc1NC(=O)CCCc1ccc(C)cc1. The first-order valence-corrected chi connectivity index (χ1v) is 8.94. The Balaban J connectivity index is 1.88. The number of carbonyl (C=O) groups is 2. The topological polar surface area (TPSA) is 55.4 Å². The standard InChI is InChI=1S/C19H23NO3S/c1-4-23-19(22)16-12-14(3)24-18(16)20-17(21)7-5-6-15-10-8-13(2)9-11-15/h8-12H,4-7H2,1-3H3,(H,20,21). The number of rotatable bonds is 7. The van der Waals surface area contributed by atoms with E-state index in [-0.39, 0.29) is 5.91 Å². The third-order valence-corrected chi connectivity index (χ3v) is 4.56. The number of nitrogens with one attached hydrogen (secondary N) is 1. The van der Waals surface area contributed by atoms with Gasteiger partial charge in [-0.3, -0.25) is 4.79 Å². The Morgan fingerprint density at radius 3 is 2.54 bits per heavy atom. The maximum Gasteiger partial charge on any atom is 0.341 e. The van der Waals surface area contributed by atoms with Crippen LogP contribution in [0.3, 0.4) is 0 Å². The molecule has 0 fully saturated rings. The van der Waals surface area contributed by atoms with E-state index in [1.54, 1.807) is 13.0 Å². The predicted octanol–water partition coefficient (Wildman–Crippen LogP) is 4.50. The van der Waals surface area contributed by atoms with Crippen molar-refractivity contribution in [1.29, 1.82) is 0 Å². The molecule has 1 heterocycles. The highest BCUT2D eigenvalue weighted by Gasteiger charge is 2.17. The van der Waals surface area contributed by atoms with Gasteiger partial charge in [0.1, 0.15) is 5.00 Å². The van der Waals surface area contributed by atoms with Crippen LogP contribution in [0, 0.1) is 13.8 Å². The molecular weight excluding hydrogens is 322 g/mol. The number of aryl methyl sites for hydroxylation is 3. The van der Waals surface area contributed by atoms with Gasteiger partial charge in [0.15, 0.2) is 0 Å². The molecule has 0 aliphatic rings. The van der Waals surface area contributed by atoms with Crippen LogP contribution in [0.4, 0.5) is 5.00 Å². The monoisotopic (exact) mass is 345 g/mol. The molecule has 1 aromatic heterocycles. The van der Waals surface area contributed by atoms with Crippen LogP contribution in [0.15, 0.2) is 30.3 Å². The molecular formula is C19H23NO3S. The zero-order chi connectivity index (χ0) is 17.5. The molecule has 0 aliphatic carbocycles. The summed E-state index contributed by atoms with van der Waals surface area (Å²) in [5.74, 6) is -0.466. The Morgan fingerprint density at radius 2 is 1.88 bits per heavy atom. The van der Waals surface area contributed by atoms with E-state index in [4.69, 9.17) is 4.74 Å².